The Morgan fingerprint density at radius 1 is 1.45 bits per heavy atom. The molecule has 1 aliphatic rings. The highest BCUT2D eigenvalue weighted by Crippen LogP contribution is 2.16. The second kappa shape index (κ2) is 8.51. The lowest BCUT2D eigenvalue weighted by molar-refractivity contribution is 0.0188. The minimum Gasteiger partial charge on any atom is -0.397 e. The molecule has 3 nitrogen and oxygen atoms in total. The fourth-order valence-electron chi connectivity index (χ4n) is 2.60. The number of ether oxygens (including phenoxy) is 1. The van der Waals surface area contributed by atoms with Crippen molar-refractivity contribution >= 4 is 5.70 Å². The third-order valence-corrected chi connectivity index (χ3v) is 3.82. The van der Waals surface area contributed by atoms with E-state index in [-0.39, 0.29) is 0 Å². The van der Waals surface area contributed by atoms with Gasteiger partial charge in [0.25, 0.3) is 0 Å². The highest BCUT2D eigenvalue weighted by atomic mass is 16.5. The number of nitrogens with two attached hydrogens (primary N) is 1. The highest BCUT2D eigenvalue weighted by molar-refractivity contribution is 5.66. The van der Waals surface area contributed by atoms with E-state index >= 15 is 0 Å². The van der Waals surface area contributed by atoms with Crippen molar-refractivity contribution in [3.63, 3.8) is 0 Å². The molecule has 0 saturated carbocycles. The van der Waals surface area contributed by atoms with Crippen LogP contribution in [0.5, 0.6) is 0 Å². The predicted molar refractivity (Wildman–Crippen MR) is 92.1 cm³/mol. The molecule has 118 valence electrons. The summed E-state index contributed by atoms with van der Waals surface area (Å²) in [6.07, 6.45) is 6.63. The highest BCUT2D eigenvalue weighted by Gasteiger charge is 2.12. The van der Waals surface area contributed by atoms with Gasteiger partial charge in [-0.25, -0.2) is 0 Å². The van der Waals surface area contributed by atoms with Crippen molar-refractivity contribution in [2.45, 2.75) is 45.6 Å². The van der Waals surface area contributed by atoms with Gasteiger partial charge >= 0.3 is 0 Å². The van der Waals surface area contributed by atoms with Crippen LogP contribution in [-0.2, 0) is 4.74 Å². The predicted octanol–water partition coefficient (Wildman–Crippen LogP) is 3.17. The standard InChI is InChI=1S/C19H26N2O/c1-3-4-7-16-9-10-18(15(2)12-16)19(20)14-21-13-17-8-5-6-11-22-17/h9-10,12,14,17,21H,3,5-6,8,11,13,20H2,1-2H3/b19-14-. The molecule has 0 spiro atoms. The van der Waals surface area contributed by atoms with E-state index in [4.69, 9.17) is 10.5 Å². The molecule has 3 heteroatoms. The molecule has 0 aliphatic carbocycles. The van der Waals surface area contributed by atoms with Crippen LogP contribution in [0.1, 0.15) is 49.3 Å². The van der Waals surface area contributed by atoms with Crippen LogP contribution >= 0.6 is 0 Å². The van der Waals surface area contributed by atoms with Gasteiger partial charge in [0, 0.05) is 36.9 Å². The number of benzene rings is 1. The summed E-state index contributed by atoms with van der Waals surface area (Å²) in [5.41, 5.74) is 10.2. The van der Waals surface area contributed by atoms with Crippen LogP contribution in [0.25, 0.3) is 5.70 Å². The zero-order valence-corrected chi connectivity index (χ0v) is 13.6. The minimum absolute atomic E-state index is 0.311. The van der Waals surface area contributed by atoms with E-state index in [0.29, 0.717) is 6.10 Å². The zero-order valence-electron chi connectivity index (χ0n) is 13.6. The average molecular weight is 298 g/mol. The molecule has 3 N–H and O–H groups in total. The Labute approximate surface area is 133 Å². The normalized spacial score (nSPS) is 18.5. The van der Waals surface area contributed by atoms with E-state index in [9.17, 15) is 0 Å². The fourth-order valence-corrected chi connectivity index (χ4v) is 2.60. The molecule has 0 aromatic heterocycles. The Kier molecular flexibility index (Phi) is 6.36. The van der Waals surface area contributed by atoms with E-state index < -0.39 is 0 Å². The fraction of sp³-hybridized carbons (Fsp3) is 0.474. The summed E-state index contributed by atoms with van der Waals surface area (Å²) < 4.78 is 5.69. The molecule has 1 unspecified atom stereocenters. The molecule has 1 fully saturated rings. The maximum atomic E-state index is 6.18. The van der Waals surface area contributed by atoms with Crippen molar-refractivity contribution < 1.29 is 4.74 Å². The lowest BCUT2D eigenvalue weighted by Crippen LogP contribution is -2.29. The smallest absolute Gasteiger partial charge is 0.0747 e. The van der Waals surface area contributed by atoms with Crippen molar-refractivity contribution in [3.8, 4) is 11.8 Å². The summed E-state index contributed by atoms with van der Waals surface area (Å²) in [5.74, 6) is 6.23. The van der Waals surface area contributed by atoms with Gasteiger partial charge in [-0.15, -0.1) is 0 Å². The Morgan fingerprint density at radius 3 is 3.00 bits per heavy atom. The van der Waals surface area contributed by atoms with E-state index in [2.05, 4.69) is 37.1 Å². The third kappa shape index (κ3) is 4.82. The summed E-state index contributed by atoms with van der Waals surface area (Å²) in [4.78, 5) is 0. The zero-order chi connectivity index (χ0) is 15.8. The minimum atomic E-state index is 0.311. The van der Waals surface area contributed by atoms with Gasteiger partial charge in [0.1, 0.15) is 0 Å². The Hall–Kier alpha value is -1.92. The number of rotatable bonds is 4. The molecule has 0 amide bonds. The number of nitrogens with one attached hydrogen (secondary N) is 1. The van der Waals surface area contributed by atoms with Crippen molar-refractivity contribution in [2.75, 3.05) is 13.2 Å². The van der Waals surface area contributed by atoms with E-state index in [1.165, 1.54) is 12.8 Å². The van der Waals surface area contributed by atoms with Crippen LogP contribution in [-0.4, -0.2) is 19.3 Å². The molecular weight excluding hydrogens is 272 g/mol. The van der Waals surface area contributed by atoms with Crippen molar-refractivity contribution in [1.29, 1.82) is 0 Å². The van der Waals surface area contributed by atoms with Crippen molar-refractivity contribution in [3.05, 3.63) is 41.1 Å². The molecule has 1 aromatic carbocycles. The Bertz CT molecular complexity index is 575. The SMILES string of the molecule is CCC#Cc1ccc(/C(N)=C/NCC2CCCCO2)c(C)c1. The van der Waals surface area contributed by atoms with Crippen LogP contribution in [0, 0.1) is 18.8 Å². The largest absolute Gasteiger partial charge is 0.397 e. The first-order chi connectivity index (χ1) is 10.7. The summed E-state index contributed by atoms with van der Waals surface area (Å²) >= 11 is 0. The second-order valence-corrected chi connectivity index (χ2v) is 5.68. The van der Waals surface area contributed by atoms with Gasteiger partial charge in [0.05, 0.1) is 11.8 Å². The first-order valence-corrected chi connectivity index (χ1v) is 8.11. The summed E-state index contributed by atoms with van der Waals surface area (Å²) in [6, 6.07) is 6.15. The van der Waals surface area contributed by atoms with Crippen LogP contribution in [0.3, 0.4) is 0 Å². The van der Waals surface area contributed by atoms with E-state index in [1.54, 1.807) is 0 Å². The topological polar surface area (TPSA) is 47.3 Å². The number of hydrogen-bond acceptors (Lipinski definition) is 3. The summed E-state index contributed by atoms with van der Waals surface area (Å²) in [5, 5.41) is 3.29. The molecule has 1 atom stereocenters. The van der Waals surface area contributed by atoms with Gasteiger partial charge in [-0.1, -0.05) is 24.8 Å². The summed E-state index contributed by atoms with van der Waals surface area (Å²) in [6.45, 7) is 5.82. The first kappa shape index (κ1) is 16.5. The van der Waals surface area contributed by atoms with Gasteiger partial charge < -0.3 is 15.8 Å². The van der Waals surface area contributed by atoms with Crippen LogP contribution in [0.4, 0.5) is 0 Å². The van der Waals surface area contributed by atoms with Crippen LogP contribution in [0.15, 0.2) is 24.4 Å². The van der Waals surface area contributed by atoms with E-state index in [0.717, 1.165) is 48.4 Å². The number of hydrogen-bond donors (Lipinski definition) is 2. The van der Waals surface area contributed by atoms with Gasteiger partial charge in [0.15, 0.2) is 0 Å². The molecule has 22 heavy (non-hydrogen) atoms. The number of aryl methyl sites for hydroxylation is 1. The maximum Gasteiger partial charge on any atom is 0.0747 e. The lowest BCUT2D eigenvalue weighted by atomic mass is 10.0. The molecule has 1 saturated heterocycles. The molecule has 0 bridgehead atoms. The van der Waals surface area contributed by atoms with Crippen molar-refractivity contribution in [2.24, 2.45) is 5.73 Å². The van der Waals surface area contributed by atoms with E-state index in [1.807, 2.05) is 18.3 Å². The lowest BCUT2D eigenvalue weighted by Gasteiger charge is -2.22. The summed E-state index contributed by atoms with van der Waals surface area (Å²) in [7, 11) is 0. The quantitative estimate of drug-likeness (QED) is 0.839. The van der Waals surface area contributed by atoms with Gasteiger partial charge in [-0.2, -0.15) is 0 Å². The average Bonchev–Trinajstić information content (AvgIpc) is 2.54. The van der Waals surface area contributed by atoms with Crippen molar-refractivity contribution in [1.82, 2.24) is 5.32 Å². The maximum absolute atomic E-state index is 6.18. The monoisotopic (exact) mass is 298 g/mol. The van der Waals surface area contributed by atoms with Crippen LogP contribution < -0.4 is 11.1 Å². The first-order valence-electron chi connectivity index (χ1n) is 8.11. The van der Waals surface area contributed by atoms with Gasteiger partial charge in [0.2, 0.25) is 0 Å². The molecule has 0 radical (unpaired) electrons. The Balaban J connectivity index is 1.95. The molecule has 1 aromatic rings. The van der Waals surface area contributed by atoms with Gasteiger partial charge in [-0.3, -0.25) is 0 Å². The Morgan fingerprint density at radius 2 is 2.32 bits per heavy atom. The van der Waals surface area contributed by atoms with Gasteiger partial charge in [-0.05, 0) is 43.9 Å². The molecule has 2 rings (SSSR count). The molecular formula is C19H26N2O. The third-order valence-electron chi connectivity index (χ3n) is 3.82. The molecule has 1 heterocycles. The second-order valence-electron chi connectivity index (χ2n) is 5.68. The molecule has 1 aliphatic heterocycles. The van der Waals surface area contributed by atoms with Crippen LogP contribution in [0.2, 0.25) is 0 Å².